The van der Waals surface area contributed by atoms with Gasteiger partial charge < -0.3 is 15.1 Å². The van der Waals surface area contributed by atoms with Gasteiger partial charge in [0.1, 0.15) is 0 Å². The van der Waals surface area contributed by atoms with Crippen molar-refractivity contribution in [2.45, 2.75) is 32.7 Å². The Kier molecular flexibility index (Phi) is 6.21. The van der Waals surface area contributed by atoms with Crippen molar-refractivity contribution in [3.8, 4) is 0 Å². The lowest BCUT2D eigenvalue weighted by Crippen LogP contribution is -2.31. The molecule has 0 bridgehead atoms. The van der Waals surface area contributed by atoms with E-state index in [2.05, 4.69) is 51.4 Å². The number of likely N-dealkylation sites (N-methyl/N-ethyl adjacent to an activating group) is 1. The Labute approximate surface area is 122 Å². The summed E-state index contributed by atoms with van der Waals surface area (Å²) >= 11 is 0. The zero-order valence-electron chi connectivity index (χ0n) is 12.8. The van der Waals surface area contributed by atoms with Crippen molar-refractivity contribution < 1.29 is 0 Å². The van der Waals surface area contributed by atoms with Crippen LogP contribution < -0.4 is 10.2 Å². The maximum absolute atomic E-state index is 4.32. The highest BCUT2D eigenvalue weighted by molar-refractivity contribution is 5.36. The van der Waals surface area contributed by atoms with Crippen LogP contribution in [0.4, 0.5) is 5.82 Å². The molecule has 0 saturated carbocycles. The Morgan fingerprint density at radius 2 is 2.05 bits per heavy atom. The van der Waals surface area contributed by atoms with E-state index in [0.29, 0.717) is 0 Å². The number of hydrogen-bond acceptors (Lipinski definition) is 5. The minimum absolute atomic E-state index is 0.804. The molecule has 0 spiro atoms. The zero-order chi connectivity index (χ0) is 14.2. The summed E-state index contributed by atoms with van der Waals surface area (Å²) in [5.41, 5.74) is 1.01. The summed E-state index contributed by atoms with van der Waals surface area (Å²) in [7, 11) is 2.09. The number of aromatic nitrogens is 2. The van der Waals surface area contributed by atoms with Crippen LogP contribution in [0.2, 0.25) is 0 Å². The van der Waals surface area contributed by atoms with E-state index in [1.54, 1.807) is 0 Å². The molecule has 1 aliphatic heterocycles. The van der Waals surface area contributed by atoms with Gasteiger partial charge in [0, 0.05) is 26.7 Å². The minimum Gasteiger partial charge on any atom is -0.357 e. The van der Waals surface area contributed by atoms with E-state index in [1.165, 1.54) is 25.9 Å². The van der Waals surface area contributed by atoms with Crippen LogP contribution in [0, 0.1) is 0 Å². The van der Waals surface area contributed by atoms with E-state index < -0.39 is 0 Å². The van der Waals surface area contributed by atoms with E-state index >= 15 is 0 Å². The monoisotopic (exact) mass is 277 g/mol. The van der Waals surface area contributed by atoms with Gasteiger partial charge in [-0.3, -0.25) is 0 Å². The van der Waals surface area contributed by atoms with Gasteiger partial charge in [0.2, 0.25) is 0 Å². The SMILES string of the molecule is CCCNCc1ccc(N(C)CCN2CCCC2)nn1. The molecule has 112 valence electrons. The molecule has 0 aromatic carbocycles. The first kappa shape index (κ1) is 15.2. The van der Waals surface area contributed by atoms with Crippen LogP contribution in [0.15, 0.2) is 12.1 Å². The summed E-state index contributed by atoms with van der Waals surface area (Å²) in [6, 6.07) is 4.14. The Balaban J connectivity index is 1.75. The van der Waals surface area contributed by atoms with Crippen LogP contribution in [0.3, 0.4) is 0 Å². The first-order valence-electron chi connectivity index (χ1n) is 7.76. The van der Waals surface area contributed by atoms with E-state index in [4.69, 9.17) is 0 Å². The zero-order valence-corrected chi connectivity index (χ0v) is 12.8. The van der Waals surface area contributed by atoms with Gasteiger partial charge in [-0.05, 0) is 51.0 Å². The van der Waals surface area contributed by atoms with Gasteiger partial charge in [-0.15, -0.1) is 5.10 Å². The molecule has 0 atom stereocenters. The second-order valence-electron chi connectivity index (χ2n) is 5.53. The normalized spacial score (nSPS) is 15.7. The first-order valence-corrected chi connectivity index (χ1v) is 7.76. The fraction of sp³-hybridized carbons (Fsp3) is 0.733. The standard InChI is InChI=1S/C15H27N5/c1-3-8-16-13-14-6-7-15(18-17-14)19(2)11-12-20-9-4-5-10-20/h6-7,16H,3-5,8-13H2,1-2H3. The van der Waals surface area contributed by atoms with Gasteiger partial charge in [-0.25, -0.2) is 0 Å². The minimum atomic E-state index is 0.804. The molecule has 1 saturated heterocycles. The van der Waals surface area contributed by atoms with Gasteiger partial charge in [-0.1, -0.05) is 6.92 Å². The second-order valence-corrected chi connectivity index (χ2v) is 5.53. The maximum Gasteiger partial charge on any atom is 0.151 e. The van der Waals surface area contributed by atoms with Crippen molar-refractivity contribution in [2.75, 3.05) is 44.7 Å². The molecule has 5 heteroatoms. The molecule has 2 rings (SSSR count). The molecule has 0 radical (unpaired) electrons. The summed E-state index contributed by atoms with van der Waals surface area (Å²) < 4.78 is 0. The fourth-order valence-corrected chi connectivity index (χ4v) is 2.46. The first-order chi connectivity index (χ1) is 9.79. The predicted molar refractivity (Wildman–Crippen MR) is 83.0 cm³/mol. The highest BCUT2D eigenvalue weighted by atomic mass is 15.3. The molecule has 20 heavy (non-hydrogen) atoms. The Morgan fingerprint density at radius 3 is 2.70 bits per heavy atom. The third-order valence-electron chi connectivity index (χ3n) is 3.78. The van der Waals surface area contributed by atoms with E-state index in [9.17, 15) is 0 Å². The summed E-state index contributed by atoms with van der Waals surface area (Å²) in [5.74, 6) is 0.962. The molecule has 0 aliphatic carbocycles. The van der Waals surface area contributed by atoms with Crippen molar-refractivity contribution in [3.05, 3.63) is 17.8 Å². The van der Waals surface area contributed by atoms with E-state index in [1.807, 2.05) is 0 Å². The molecule has 1 aromatic heterocycles. The smallest absolute Gasteiger partial charge is 0.151 e. The number of nitrogens with zero attached hydrogens (tertiary/aromatic N) is 4. The maximum atomic E-state index is 4.32. The van der Waals surface area contributed by atoms with Gasteiger partial charge in [-0.2, -0.15) is 5.10 Å². The number of nitrogens with one attached hydrogen (secondary N) is 1. The number of likely N-dealkylation sites (tertiary alicyclic amines) is 1. The average Bonchev–Trinajstić information content (AvgIpc) is 2.99. The molecule has 0 amide bonds. The molecule has 1 aliphatic rings. The van der Waals surface area contributed by atoms with Gasteiger partial charge >= 0.3 is 0 Å². The van der Waals surface area contributed by atoms with Crippen molar-refractivity contribution in [3.63, 3.8) is 0 Å². The lowest BCUT2D eigenvalue weighted by atomic mass is 10.3. The number of anilines is 1. The van der Waals surface area contributed by atoms with Crippen molar-refractivity contribution in [2.24, 2.45) is 0 Å². The average molecular weight is 277 g/mol. The van der Waals surface area contributed by atoms with Crippen LogP contribution in [-0.4, -0.2) is 54.9 Å². The fourth-order valence-electron chi connectivity index (χ4n) is 2.46. The largest absolute Gasteiger partial charge is 0.357 e. The lowest BCUT2D eigenvalue weighted by Gasteiger charge is -2.21. The van der Waals surface area contributed by atoms with Crippen LogP contribution >= 0.6 is 0 Å². The summed E-state index contributed by atoms with van der Waals surface area (Å²) in [4.78, 5) is 4.71. The van der Waals surface area contributed by atoms with Gasteiger partial charge in [0.05, 0.1) is 5.69 Å². The third kappa shape index (κ3) is 4.72. The van der Waals surface area contributed by atoms with E-state index in [0.717, 1.165) is 44.1 Å². The molecule has 1 fully saturated rings. The van der Waals surface area contributed by atoms with Crippen molar-refractivity contribution in [1.29, 1.82) is 0 Å². The second kappa shape index (κ2) is 8.17. The van der Waals surface area contributed by atoms with Crippen molar-refractivity contribution in [1.82, 2.24) is 20.4 Å². The highest BCUT2D eigenvalue weighted by Crippen LogP contribution is 2.10. The van der Waals surface area contributed by atoms with Gasteiger partial charge in [0.25, 0.3) is 0 Å². The quantitative estimate of drug-likeness (QED) is 0.730. The summed E-state index contributed by atoms with van der Waals surface area (Å²) in [6.45, 7) is 8.64. The molecule has 1 N–H and O–H groups in total. The number of rotatable bonds is 8. The molecule has 1 aromatic rings. The molecule has 5 nitrogen and oxygen atoms in total. The molecule has 0 unspecified atom stereocenters. The van der Waals surface area contributed by atoms with Gasteiger partial charge in [0.15, 0.2) is 5.82 Å². The Morgan fingerprint density at radius 1 is 1.25 bits per heavy atom. The highest BCUT2D eigenvalue weighted by Gasteiger charge is 2.12. The third-order valence-corrected chi connectivity index (χ3v) is 3.78. The molecular formula is C15H27N5. The van der Waals surface area contributed by atoms with Crippen LogP contribution in [0.5, 0.6) is 0 Å². The Hall–Kier alpha value is -1.20. The van der Waals surface area contributed by atoms with Crippen LogP contribution in [0.1, 0.15) is 31.9 Å². The molecular weight excluding hydrogens is 250 g/mol. The number of hydrogen-bond donors (Lipinski definition) is 1. The summed E-state index contributed by atoms with van der Waals surface area (Å²) in [5, 5.41) is 11.9. The van der Waals surface area contributed by atoms with E-state index in [-0.39, 0.29) is 0 Å². The summed E-state index contributed by atoms with van der Waals surface area (Å²) in [6.07, 6.45) is 3.84. The van der Waals surface area contributed by atoms with Crippen molar-refractivity contribution >= 4 is 5.82 Å². The topological polar surface area (TPSA) is 44.3 Å². The lowest BCUT2D eigenvalue weighted by molar-refractivity contribution is 0.346. The molecule has 2 heterocycles. The Bertz CT molecular complexity index is 372. The van der Waals surface area contributed by atoms with Crippen LogP contribution in [-0.2, 0) is 6.54 Å². The van der Waals surface area contributed by atoms with Crippen LogP contribution in [0.25, 0.3) is 0 Å². The predicted octanol–water partition coefficient (Wildman–Crippen LogP) is 1.51.